The summed E-state index contributed by atoms with van der Waals surface area (Å²) in [7, 11) is 0. The fourth-order valence-electron chi connectivity index (χ4n) is 3.51. The summed E-state index contributed by atoms with van der Waals surface area (Å²) >= 11 is 0. The van der Waals surface area contributed by atoms with Crippen molar-refractivity contribution in [2.75, 3.05) is 13.2 Å². The first-order valence-electron chi connectivity index (χ1n) is 9.66. The smallest absolute Gasteiger partial charge is 0.256 e. The molecule has 0 bridgehead atoms. The molecule has 6 nitrogen and oxygen atoms in total. The molecule has 1 fully saturated rings. The molecule has 1 unspecified atom stereocenters. The van der Waals surface area contributed by atoms with E-state index in [1.54, 1.807) is 21.8 Å². The fraction of sp³-hybridized carbons (Fsp3) is 0.318. The van der Waals surface area contributed by atoms with E-state index < -0.39 is 5.82 Å². The average molecular weight is 394 g/mol. The molecule has 0 saturated carbocycles. The molecule has 1 aliphatic heterocycles. The molecular weight excluding hydrogens is 371 g/mol. The standard InChI is InChI=1S/C22H23FN4O2/c1-15-4-5-16(2)19(10-15)22(28)26-8-3-9-29-21(26)11-17-12-25-27(14-17)20-7-6-18(23)13-24-20/h4-7,10,12-14,21H,3,8-9,11H2,1-2H3. The number of rotatable bonds is 4. The van der Waals surface area contributed by atoms with Gasteiger partial charge in [0.2, 0.25) is 0 Å². The van der Waals surface area contributed by atoms with Gasteiger partial charge in [-0.2, -0.15) is 5.10 Å². The molecular formula is C22H23FN4O2. The summed E-state index contributed by atoms with van der Waals surface area (Å²) in [6, 6.07) is 8.83. The van der Waals surface area contributed by atoms with Crippen molar-refractivity contribution in [3.63, 3.8) is 0 Å². The first kappa shape index (κ1) is 19.3. The fourth-order valence-corrected chi connectivity index (χ4v) is 3.51. The van der Waals surface area contributed by atoms with Crippen LogP contribution in [0.5, 0.6) is 0 Å². The molecule has 0 aliphatic carbocycles. The highest BCUT2D eigenvalue weighted by molar-refractivity contribution is 5.96. The highest BCUT2D eigenvalue weighted by Gasteiger charge is 2.29. The van der Waals surface area contributed by atoms with Crippen molar-refractivity contribution in [1.82, 2.24) is 19.7 Å². The first-order valence-corrected chi connectivity index (χ1v) is 9.66. The molecule has 29 heavy (non-hydrogen) atoms. The largest absolute Gasteiger partial charge is 0.358 e. The first-order chi connectivity index (χ1) is 14.0. The van der Waals surface area contributed by atoms with Crippen LogP contribution >= 0.6 is 0 Å². The van der Waals surface area contributed by atoms with Crippen LogP contribution in [-0.4, -0.2) is 45.0 Å². The molecule has 150 valence electrons. The summed E-state index contributed by atoms with van der Waals surface area (Å²) in [6.45, 7) is 5.21. The Balaban J connectivity index is 1.53. The molecule has 4 rings (SSSR count). The van der Waals surface area contributed by atoms with Gasteiger partial charge in [-0.05, 0) is 49.6 Å². The van der Waals surface area contributed by atoms with E-state index in [1.807, 2.05) is 38.2 Å². The molecule has 0 radical (unpaired) electrons. The highest BCUT2D eigenvalue weighted by Crippen LogP contribution is 2.21. The Hall–Kier alpha value is -3.06. The summed E-state index contributed by atoms with van der Waals surface area (Å²) < 4.78 is 20.6. The summed E-state index contributed by atoms with van der Waals surface area (Å²) in [5, 5.41) is 4.31. The van der Waals surface area contributed by atoms with Gasteiger partial charge in [-0.3, -0.25) is 4.79 Å². The van der Waals surface area contributed by atoms with Crippen LogP contribution in [0.1, 0.15) is 33.5 Å². The lowest BCUT2D eigenvalue weighted by atomic mass is 10.0. The zero-order chi connectivity index (χ0) is 20.4. The van der Waals surface area contributed by atoms with Crippen molar-refractivity contribution < 1.29 is 13.9 Å². The van der Waals surface area contributed by atoms with E-state index in [9.17, 15) is 9.18 Å². The monoisotopic (exact) mass is 394 g/mol. The summed E-state index contributed by atoms with van der Waals surface area (Å²) in [5.74, 6) is 0.131. The zero-order valence-corrected chi connectivity index (χ0v) is 16.5. The van der Waals surface area contributed by atoms with Gasteiger partial charge in [0, 0.05) is 24.7 Å². The zero-order valence-electron chi connectivity index (χ0n) is 16.5. The summed E-state index contributed by atoms with van der Waals surface area (Å²) in [5.41, 5.74) is 3.65. The second kappa shape index (κ2) is 8.13. The third-order valence-corrected chi connectivity index (χ3v) is 5.08. The maximum absolute atomic E-state index is 13.2. The van der Waals surface area contributed by atoms with Crippen LogP contribution < -0.4 is 0 Å². The molecule has 0 spiro atoms. The van der Waals surface area contributed by atoms with Crippen LogP contribution in [0.25, 0.3) is 5.82 Å². The van der Waals surface area contributed by atoms with Crippen LogP contribution in [-0.2, 0) is 11.2 Å². The number of aryl methyl sites for hydroxylation is 2. The number of nitrogens with zero attached hydrogens (tertiary/aromatic N) is 4. The summed E-state index contributed by atoms with van der Waals surface area (Å²) in [6.07, 6.45) is 5.70. The number of halogens is 1. The van der Waals surface area contributed by atoms with Crippen LogP contribution in [0, 0.1) is 19.7 Å². The van der Waals surface area contributed by atoms with Gasteiger partial charge in [0.25, 0.3) is 5.91 Å². The lowest BCUT2D eigenvalue weighted by molar-refractivity contribution is -0.0761. The lowest BCUT2D eigenvalue weighted by Gasteiger charge is -2.36. The van der Waals surface area contributed by atoms with Gasteiger partial charge >= 0.3 is 0 Å². The van der Waals surface area contributed by atoms with Crippen molar-refractivity contribution >= 4 is 5.91 Å². The minimum atomic E-state index is -0.391. The number of ether oxygens (including phenoxy) is 1. The van der Waals surface area contributed by atoms with Crippen LogP contribution in [0.4, 0.5) is 4.39 Å². The van der Waals surface area contributed by atoms with Crippen LogP contribution in [0.3, 0.4) is 0 Å². The Kier molecular flexibility index (Phi) is 5.40. The number of aromatic nitrogens is 3. The second-order valence-electron chi connectivity index (χ2n) is 7.33. The highest BCUT2D eigenvalue weighted by atomic mass is 19.1. The topological polar surface area (TPSA) is 60.3 Å². The summed E-state index contributed by atoms with van der Waals surface area (Å²) in [4.78, 5) is 19.1. The average Bonchev–Trinajstić information content (AvgIpc) is 3.19. The van der Waals surface area contributed by atoms with Crippen LogP contribution in [0.15, 0.2) is 48.9 Å². The Morgan fingerprint density at radius 2 is 2.10 bits per heavy atom. The molecule has 3 heterocycles. The van der Waals surface area contributed by atoms with E-state index >= 15 is 0 Å². The molecule has 1 aliphatic rings. The number of hydrogen-bond donors (Lipinski definition) is 0. The molecule has 1 saturated heterocycles. The minimum Gasteiger partial charge on any atom is -0.358 e. The third kappa shape index (κ3) is 4.19. The van der Waals surface area contributed by atoms with E-state index in [4.69, 9.17) is 4.74 Å². The predicted molar refractivity (Wildman–Crippen MR) is 106 cm³/mol. The number of hydrogen-bond acceptors (Lipinski definition) is 4. The third-order valence-electron chi connectivity index (χ3n) is 5.08. The Bertz CT molecular complexity index is 1020. The van der Waals surface area contributed by atoms with Gasteiger partial charge in [-0.1, -0.05) is 17.7 Å². The number of pyridine rings is 1. The van der Waals surface area contributed by atoms with Crippen LogP contribution in [0.2, 0.25) is 0 Å². The Morgan fingerprint density at radius 3 is 2.90 bits per heavy atom. The Labute approximate surface area is 168 Å². The number of amides is 1. The van der Waals surface area contributed by atoms with Gasteiger partial charge in [0.15, 0.2) is 5.82 Å². The van der Waals surface area contributed by atoms with Gasteiger partial charge in [0.05, 0.1) is 19.0 Å². The quantitative estimate of drug-likeness (QED) is 0.680. The second-order valence-corrected chi connectivity index (χ2v) is 7.33. The normalized spacial score (nSPS) is 16.8. The van der Waals surface area contributed by atoms with Gasteiger partial charge in [-0.25, -0.2) is 14.1 Å². The SMILES string of the molecule is Cc1ccc(C)c(C(=O)N2CCCOC2Cc2cnn(-c3ccc(F)cn3)c2)c1. The number of benzene rings is 1. The van der Waals surface area contributed by atoms with Crippen molar-refractivity contribution in [1.29, 1.82) is 0 Å². The van der Waals surface area contributed by atoms with Crippen molar-refractivity contribution in [2.45, 2.75) is 32.9 Å². The molecule has 2 aromatic heterocycles. The number of carbonyl (C=O) groups is 1. The molecule has 1 amide bonds. The molecule has 1 aromatic carbocycles. The molecule has 1 atom stereocenters. The van der Waals surface area contributed by atoms with E-state index in [2.05, 4.69) is 10.1 Å². The van der Waals surface area contributed by atoms with E-state index in [0.29, 0.717) is 31.0 Å². The lowest BCUT2D eigenvalue weighted by Crippen LogP contribution is -2.47. The maximum Gasteiger partial charge on any atom is 0.256 e. The molecule has 3 aromatic rings. The van der Waals surface area contributed by atoms with Gasteiger partial charge in [0.1, 0.15) is 12.0 Å². The van der Waals surface area contributed by atoms with Gasteiger partial charge < -0.3 is 9.64 Å². The van der Waals surface area contributed by atoms with E-state index in [-0.39, 0.29) is 12.1 Å². The number of carbonyl (C=O) groups excluding carboxylic acids is 1. The van der Waals surface area contributed by atoms with E-state index in [1.165, 1.54) is 6.07 Å². The van der Waals surface area contributed by atoms with Crippen molar-refractivity contribution in [3.05, 3.63) is 77.0 Å². The van der Waals surface area contributed by atoms with Gasteiger partial charge in [-0.15, -0.1) is 0 Å². The molecule has 0 N–H and O–H groups in total. The van der Waals surface area contributed by atoms with E-state index in [0.717, 1.165) is 29.3 Å². The predicted octanol–water partition coefficient (Wildman–Crippen LogP) is 3.45. The van der Waals surface area contributed by atoms with Crippen molar-refractivity contribution in [3.8, 4) is 5.82 Å². The maximum atomic E-state index is 13.2. The molecule has 7 heteroatoms. The van der Waals surface area contributed by atoms with Crippen molar-refractivity contribution in [2.24, 2.45) is 0 Å². The Morgan fingerprint density at radius 1 is 1.24 bits per heavy atom. The minimum absolute atomic E-state index is 0.0107.